The first kappa shape index (κ1) is 37.0. The molecule has 1 aliphatic carbocycles. The zero-order valence-corrected chi connectivity index (χ0v) is 30.4. The van der Waals surface area contributed by atoms with Gasteiger partial charge in [-0.25, -0.2) is 29.5 Å². The minimum absolute atomic E-state index is 0.174. The minimum atomic E-state index is -0.482. The Morgan fingerprint density at radius 3 is 2.17 bits per heavy atom. The standard InChI is InChI=1S/C20H23N3O3.C13H12ClNO3.C7H6N2/c1-2-25-20(24)17-12-26-19(22-17)15-9-7-14(8-10-15)11-23-13-21-16-5-3-4-6-18(16)23;1-2-17-13(16)11-8-18-12(15-11)10-5-3-9(7-14)4-6-10;1-2-4-7-6(3-1)8-5-9-7/h3-6,12-15H,2,7-11H2,1H3;3-6,8H,2,7H2,1H3;1-5H,(H,8,9). The number of H-pyrrole nitrogens is 1. The normalized spacial score (nSPS) is 15.2. The summed E-state index contributed by atoms with van der Waals surface area (Å²) in [5.74, 6) is 1.53. The summed E-state index contributed by atoms with van der Waals surface area (Å²) in [7, 11) is 0. The number of fused-ring (bicyclic) bond motifs is 2. The minimum Gasteiger partial charge on any atom is -0.461 e. The maximum atomic E-state index is 11.7. The van der Waals surface area contributed by atoms with Crippen LogP contribution in [-0.2, 0) is 21.9 Å². The second kappa shape index (κ2) is 18.1. The van der Waals surface area contributed by atoms with Crippen LogP contribution < -0.4 is 0 Å². The van der Waals surface area contributed by atoms with Crippen LogP contribution >= 0.6 is 11.6 Å². The van der Waals surface area contributed by atoms with E-state index in [2.05, 4.69) is 41.6 Å². The van der Waals surface area contributed by atoms with Gasteiger partial charge >= 0.3 is 11.9 Å². The molecule has 0 aliphatic heterocycles. The van der Waals surface area contributed by atoms with E-state index in [1.165, 1.54) is 18.0 Å². The molecule has 3 aromatic carbocycles. The second-order valence-electron chi connectivity index (χ2n) is 12.4. The topological polar surface area (TPSA) is 151 Å². The van der Waals surface area contributed by atoms with Crippen LogP contribution in [0.4, 0.5) is 0 Å². The Morgan fingerprint density at radius 2 is 1.47 bits per heavy atom. The summed E-state index contributed by atoms with van der Waals surface area (Å²) in [6.07, 6.45) is 10.6. The Bertz CT molecular complexity index is 2180. The number of esters is 2. The molecule has 12 nitrogen and oxygen atoms in total. The fourth-order valence-corrected chi connectivity index (χ4v) is 6.30. The van der Waals surface area contributed by atoms with Crippen molar-refractivity contribution in [2.45, 2.75) is 57.9 Å². The van der Waals surface area contributed by atoms with Gasteiger partial charge in [0.25, 0.3) is 0 Å². The first-order chi connectivity index (χ1) is 25.9. The zero-order valence-electron chi connectivity index (χ0n) is 29.6. The van der Waals surface area contributed by atoms with Crippen LogP contribution in [0.1, 0.15) is 77.9 Å². The van der Waals surface area contributed by atoms with Crippen molar-refractivity contribution >= 4 is 45.6 Å². The molecule has 1 saturated carbocycles. The van der Waals surface area contributed by atoms with Gasteiger partial charge in [-0.2, -0.15) is 0 Å². The van der Waals surface area contributed by atoms with E-state index in [0.29, 0.717) is 36.8 Å². The lowest BCUT2D eigenvalue weighted by Crippen LogP contribution is -2.18. The van der Waals surface area contributed by atoms with E-state index in [9.17, 15) is 9.59 Å². The van der Waals surface area contributed by atoms with E-state index in [1.54, 1.807) is 20.2 Å². The lowest BCUT2D eigenvalue weighted by atomic mass is 9.82. The molecule has 0 atom stereocenters. The highest BCUT2D eigenvalue weighted by Gasteiger charge is 2.27. The molecule has 0 radical (unpaired) electrons. The number of rotatable bonds is 9. The van der Waals surface area contributed by atoms with Gasteiger partial charge in [0.2, 0.25) is 5.89 Å². The van der Waals surface area contributed by atoms with E-state index in [4.69, 9.17) is 29.9 Å². The van der Waals surface area contributed by atoms with Gasteiger partial charge in [-0.1, -0.05) is 36.4 Å². The number of oxazole rings is 2. The molecule has 1 fully saturated rings. The average Bonchev–Trinajstić information content (AvgIpc) is 4.04. The highest BCUT2D eigenvalue weighted by atomic mass is 35.5. The van der Waals surface area contributed by atoms with Crippen molar-refractivity contribution in [2.24, 2.45) is 5.92 Å². The van der Waals surface area contributed by atoms with E-state index in [1.807, 2.05) is 67.0 Å². The molecule has 274 valence electrons. The van der Waals surface area contributed by atoms with Crippen molar-refractivity contribution < 1.29 is 27.9 Å². The van der Waals surface area contributed by atoms with Crippen LogP contribution in [0.15, 0.2) is 107 Å². The molecule has 0 unspecified atom stereocenters. The van der Waals surface area contributed by atoms with E-state index in [-0.39, 0.29) is 17.3 Å². The molecule has 53 heavy (non-hydrogen) atoms. The first-order valence-electron chi connectivity index (χ1n) is 17.6. The van der Waals surface area contributed by atoms with Gasteiger partial charge in [-0.3, -0.25) is 0 Å². The fourth-order valence-electron chi connectivity index (χ4n) is 6.12. The lowest BCUT2D eigenvalue weighted by molar-refractivity contribution is 0.0510. The van der Waals surface area contributed by atoms with Crippen molar-refractivity contribution in [3.63, 3.8) is 0 Å². The SMILES string of the molecule is CCOC(=O)c1coc(-c2ccc(CCl)cc2)n1.CCOC(=O)c1coc(C2CCC(Cn3cnc4ccccc43)CC2)n1.c1ccc2[nH]cnc2c1. The molecule has 0 bridgehead atoms. The third-order valence-electron chi connectivity index (χ3n) is 8.86. The average molecular weight is 737 g/mol. The number of aromatic amines is 1. The predicted octanol–water partition coefficient (Wildman–Crippen LogP) is 9.00. The highest BCUT2D eigenvalue weighted by molar-refractivity contribution is 6.17. The third kappa shape index (κ3) is 9.58. The number of carbonyl (C=O) groups is 2. The Kier molecular flexibility index (Phi) is 12.7. The van der Waals surface area contributed by atoms with Crippen molar-refractivity contribution in [2.75, 3.05) is 13.2 Å². The lowest BCUT2D eigenvalue weighted by Gasteiger charge is -2.27. The fraction of sp³-hybridized carbons (Fsp3) is 0.300. The van der Waals surface area contributed by atoms with Gasteiger partial charge in [0.05, 0.1) is 47.9 Å². The molecule has 4 aromatic heterocycles. The van der Waals surface area contributed by atoms with E-state index >= 15 is 0 Å². The maximum absolute atomic E-state index is 11.7. The molecule has 13 heteroatoms. The van der Waals surface area contributed by atoms with Crippen LogP contribution in [0.25, 0.3) is 33.5 Å². The van der Waals surface area contributed by atoms with Crippen LogP contribution in [-0.4, -0.2) is 54.6 Å². The number of ether oxygens (including phenoxy) is 2. The summed E-state index contributed by atoms with van der Waals surface area (Å²) < 4.78 is 22.8. The van der Waals surface area contributed by atoms with Crippen LogP contribution in [0, 0.1) is 5.92 Å². The monoisotopic (exact) mass is 736 g/mol. The van der Waals surface area contributed by atoms with Crippen LogP contribution in [0.2, 0.25) is 0 Å². The Labute approximate surface area is 311 Å². The number of aromatic nitrogens is 6. The number of benzene rings is 3. The highest BCUT2D eigenvalue weighted by Crippen LogP contribution is 2.36. The summed E-state index contributed by atoms with van der Waals surface area (Å²) in [6.45, 7) is 5.17. The molecule has 1 aliphatic rings. The summed E-state index contributed by atoms with van der Waals surface area (Å²) in [6, 6.07) is 23.7. The van der Waals surface area contributed by atoms with Crippen LogP contribution in [0.5, 0.6) is 0 Å². The number of halogens is 1. The molecular weight excluding hydrogens is 696 g/mol. The quantitative estimate of drug-likeness (QED) is 0.112. The Morgan fingerprint density at radius 1 is 0.811 bits per heavy atom. The number of para-hydroxylation sites is 4. The number of hydrogen-bond donors (Lipinski definition) is 1. The molecule has 7 aromatic rings. The van der Waals surface area contributed by atoms with E-state index < -0.39 is 11.9 Å². The van der Waals surface area contributed by atoms with Crippen LogP contribution in [0.3, 0.4) is 0 Å². The summed E-state index contributed by atoms with van der Waals surface area (Å²) in [4.78, 5) is 43.1. The van der Waals surface area contributed by atoms with Gasteiger partial charge in [-0.15, -0.1) is 11.6 Å². The molecule has 0 saturated heterocycles. The Hall–Kier alpha value is -5.75. The number of nitrogens with zero attached hydrogens (tertiary/aromatic N) is 5. The van der Waals surface area contributed by atoms with Gasteiger partial charge in [0, 0.05) is 23.9 Å². The zero-order chi connectivity index (χ0) is 37.0. The third-order valence-corrected chi connectivity index (χ3v) is 9.17. The smallest absolute Gasteiger partial charge is 0.360 e. The van der Waals surface area contributed by atoms with Gasteiger partial charge in [-0.05, 0) is 87.4 Å². The van der Waals surface area contributed by atoms with Crippen molar-refractivity contribution in [1.29, 1.82) is 0 Å². The number of carbonyl (C=O) groups excluding carboxylic acids is 2. The summed E-state index contributed by atoms with van der Waals surface area (Å²) >= 11 is 5.71. The summed E-state index contributed by atoms with van der Waals surface area (Å²) in [5.41, 5.74) is 6.61. The van der Waals surface area contributed by atoms with Crippen molar-refractivity contribution in [1.82, 2.24) is 29.5 Å². The first-order valence-corrected chi connectivity index (χ1v) is 18.2. The number of nitrogens with one attached hydrogen (secondary N) is 1. The summed E-state index contributed by atoms with van der Waals surface area (Å²) in [5, 5.41) is 0. The van der Waals surface area contributed by atoms with Gasteiger partial charge < -0.3 is 27.9 Å². The molecule has 8 rings (SSSR count). The molecular formula is C40H41ClN6O6. The second-order valence-corrected chi connectivity index (χ2v) is 12.7. The molecule has 1 N–H and O–H groups in total. The number of alkyl halides is 1. The molecule has 0 spiro atoms. The predicted molar refractivity (Wildman–Crippen MR) is 200 cm³/mol. The molecule has 0 amide bonds. The van der Waals surface area contributed by atoms with Crippen molar-refractivity contribution in [3.05, 3.63) is 121 Å². The van der Waals surface area contributed by atoms with Gasteiger partial charge in [0.1, 0.15) is 12.5 Å². The maximum Gasteiger partial charge on any atom is 0.360 e. The largest absolute Gasteiger partial charge is 0.461 e. The Balaban J connectivity index is 0.000000153. The number of hydrogen-bond acceptors (Lipinski definition) is 10. The number of imidazole rings is 2. The van der Waals surface area contributed by atoms with E-state index in [0.717, 1.165) is 59.9 Å². The van der Waals surface area contributed by atoms with Crippen molar-refractivity contribution in [3.8, 4) is 11.5 Å². The molecule has 4 heterocycles. The van der Waals surface area contributed by atoms with Gasteiger partial charge in [0.15, 0.2) is 17.3 Å².